The Kier molecular flexibility index (Phi) is 6.98. The second-order valence-electron chi connectivity index (χ2n) is 5.76. The van der Waals surface area contributed by atoms with Crippen molar-refractivity contribution in [2.24, 2.45) is 5.92 Å². The zero-order valence-corrected chi connectivity index (χ0v) is 13.8. The van der Waals surface area contributed by atoms with Gasteiger partial charge in [-0.3, -0.25) is 4.79 Å². The van der Waals surface area contributed by atoms with Crippen LogP contribution in [0.1, 0.15) is 23.6 Å². The van der Waals surface area contributed by atoms with Crippen molar-refractivity contribution in [3.8, 4) is 0 Å². The van der Waals surface area contributed by atoms with Crippen molar-refractivity contribution in [2.45, 2.75) is 12.5 Å². The highest BCUT2D eigenvalue weighted by atomic mass is 16.4. The highest BCUT2D eigenvalue weighted by molar-refractivity contribution is 5.75. The van der Waals surface area contributed by atoms with E-state index in [1.807, 2.05) is 60.7 Å². The van der Waals surface area contributed by atoms with Crippen LogP contribution < -0.4 is 10.6 Å². The number of aliphatic hydroxyl groups excluding tert-OH is 1. The van der Waals surface area contributed by atoms with Gasteiger partial charge >= 0.3 is 12.0 Å². The predicted octanol–water partition coefficient (Wildman–Crippen LogP) is 2.16. The Balaban J connectivity index is 2.04. The van der Waals surface area contributed by atoms with Crippen LogP contribution in [0.5, 0.6) is 0 Å². The van der Waals surface area contributed by atoms with Crippen molar-refractivity contribution in [3.63, 3.8) is 0 Å². The lowest BCUT2D eigenvalue weighted by Gasteiger charge is -2.21. The van der Waals surface area contributed by atoms with Crippen LogP contribution in [0.15, 0.2) is 60.7 Å². The Labute approximate surface area is 146 Å². The quantitative estimate of drug-likeness (QED) is 0.591. The Bertz CT molecular complexity index is 637. The van der Waals surface area contributed by atoms with Gasteiger partial charge in [-0.05, 0) is 11.1 Å². The van der Waals surface area contributed by atoms with E-state index in [1.165, 1.54) is 0 Å². The molecule has 0 aliphatic heterocycles. The standard InChI is InChI=1S/C19H22N2O4/c22-13-14(11-17(23)24)12-20-19(25)21-18(15-7-3-1-4-8-15)16-9-5-2-6-10-16/h1-10,14,18,22H,11-13H2,(H,23,24)(H2,20,21,25). The summed E-state index contributed by atoms with van der Waals surface area (Å²) in [5.41, 5.74) is 1.88. The summed E-state index contributed by atoms with van der Waals surface area (Å²) in [4.78, 5) is 23.0. The van der Waals surface area contributed by atoms with E-state index in [-0.39, 0.29) is 25.6 Å². The number of carboxylic acids is 1. The summed E-state index contributed by atoms with van der Waals surface area (Å²) >= 11 is 0. The van der Waals surface area contributed by atoms with Crippen molar-refractivity contribution in [1.29, 1.82) is 0 Å². The summed E-state index contributed by atoms with van der Waals surface area (Å²) in [7, 11) is 0. The minimum atomic E-state index is -1.01. The molecule has 0 aliphatic rings. The Morgan fingerprint density at radius 1 is 0.920 bits per heavy atom. The molecule has 2 rings (SSSR count). The molecular weight excluding hydrogens is 320 g/mol. The van der Waals surface area contributed by atoms with E-state index >= 15 is 0 Å². The fourth-order valence-electron chi connectivity index (χ4n) is 2.52. The van der Waals surface area contributed by atoms with Crippen LogP contribution in [0.3, 0.4) is 0 Å². The molecule has 4 N–H and O–H groups in total. The Hall–Kier alpha value is -2.86. The van der Waals surface area contributed by atoms with Crippen molar-refractivity contribution < 1.29 is 19.8 Å². The number of carbonyl (C=O) groups excluding carboxylic acids is 1. The van der Waals surface area contributed by atoms with Gasteiger partial charge in [0.1, 0.15) is 0 Å². The number of benzene rings is 2. The average molecular weight is 342 g/mol. The van der Waals surface area contributed by atoms with E-state index in [0.29, 0.717) is 0 Å². The van der Waals surface area contributed by atoms with Gasteiger partial charge in [0.25, 0.3) is 0 Å². The van der Waals surface area contributed by atoms with Gasteiger partial charge in [-0.25, -0.2) is 4.79 Å². The summed E-state index contributed by atoms with van der Waals surface area (Å²) in [6, 6.07) is 18.4. The van der Waals surface area contributed by atoms with E-state index < -0.39 is 17.9 Å². The smallest absolute Gasteiger partial charge is 0.315 e. The fourth-order valence-corrected chi connectivity index (χ4v) is 2.52. The fraction of sp³-hybridized carbons (Fsp3) is 0.263. The molecule has 0 bridgehead atoms. The molecule has 25 heavy (non-hydrogen) atoms. The lowest BCUT2D eigenvalue weighted by atomic mass is 9.99. The number of hydrogen-bond acceptors (Lipinski definition) is 3. The van der Waals surface area contributed by atoms with Gasteiger partial charge in [-0.2, -0.15) is 0 Å². The molecule has 0 fully saturated rings. The number of urea groups is 1. The molecule has 0 saturated heterocycles. The van der Waals surface area contributed by atoms with E-state index in [9.17, 15) is 14.7 Å². The SMILES string of the molecule is O=C(O)CC(CO)CNC(=O)NC(c1ccccc1)c1ccccc1. The Morgan fingerprint density at radius 3 is 1.88 bits per heavy atom. The number of rotatable bonds is 8. The molecular formula is C19H22N2O4. The average Bonchev–Trinajstić information content (AvgIpc) is 2.64. The first kappa shape index (κ1) is 18.5. The summed E-state index contributed by atoms with van der Waals surface area (Å²) in [5.74, 6) is -1.53. The van der Waals surface area contributed by atoms with Crippen LogP contribution in [0.4, 0.5) is 4.79 Å². The van der Waals surface area contributed by atoms with Gasteiger partial charge in [-0.1, -0.05) is 60.7 Å². The molecule has 0 heterocycles. The number of hydrogen-bond donors (Lipinski definition) is 4. The largest absolute Gasteiger partial charge is 0.481 e. The molecule has 1 atom stereocenters. The van der Waals surface area contributed by atoms with E-state index in [0.717, 1.165) is 11.1 Å². The van der Waals surface area contributed by atoms with Crippen LogP contribution in [0, 0.1) is 5.92 Å². The highest BCUT2D eigenvalue weighted by Gasteiger charge is 2.18. The molecule has 2 amide bonds. The van der Waals surface area contributed by atoms with Crippen LogP contribution in [0.25, 0.3) is 0 Å². The summed E-state index contributed by atoms with van der Waals surface area (Å²) < 4.78 is 0. The molecule has 6 nitrogen and oxygen atoms in total. The van der Waals surface area contributed by atoms with Crippen LogP contribution >= 0.6 is 0 Å². The van der Waals surface area contributed by atoms with Crippen LogP contribution in [-0.2, 0) is 4.79 Å². The molecule has 0 radical (unpaired) electrons. The zero-order valence-electron chi connectivity index (χ0n) is 13.8. The van der Waals surface area contributed by atoms with Gasteiger partial charge in [0, 0.05) is 19.1 Å². The summed E-state index contributed by atoms with van der Waals surface area (Å²) in [5, 5.41) is 23.5. The summed E-state index contributed by atoms with van der Waals surface area (Å²) in [6.45, 7) is -0.210. The van der Waals surface area contributed by atoms with Gasteiger partial charge < -0.3 is 20.8 Å². The predicted molar refractivity (Wildman–Crippen MR) is 94.1 cm³/mol. The number of carboxylic acid groups (broad SMARTS) is 1. The normalized spacial score (nSPS) is 11.8. The topological polar surface area (TPSA) is 98.7 Å². The lowest BCUT2D eigenvalue weighted by Crippen LogP contribution is -2.41. The zero-order chi connectivity index (χ0) is 18.1. The summed E-state index contributed by atoms with van der Waals surface area (Å²) in [6.07, 6.45) is -0.197. The molecule has 0 spiro atoms. The van der Waals surface area contributed by atoms with E-state index in [2.05, 4.69) is 10.6 Å². The monoisotopic (exact) mass is 342 g/mol. The maximum Gasteiger partial charge on any atom is 0.315 e. The molecule has 0 saturated carbocycles. The third-order valence-electron chi connectivity index (χ3n) is 3.81. The molecule has 2 aromatic rings. The molecule has 6 heteroatoms. The number of aliphatic hydroxyl groups is 1. The van der Waals surface area contributed by atoms with E-state index in [1.54, 1.807) is 0 Å². The third kappa shape index (κ3) is 5.93. The first-order valence-electron chi connectivity index (χ1n) is 8.07. The highest BCUT2D eigenvalue weighted by Crippen LogP contribution is 2.21. The van der Waals surface area contributed by atoms with Crippen LogP contribution in [0.2, 0.25) is 0 Å². The van der Waals surface area contributed by atoms with Gasteiger partial charge in [0.15, 0.2) is 0 Å². The molecule has 1 unspecified atom stereocenters. The lowest BCUT2D eigenvalue weighted by molar-refractivity contribution is -0.138. The van der Waals surface area contributed by atoms with Gasteiger partial charge in [0.2, 0.25) is 0 Å². The molecule has 0 aromatic heterocycles. The van der Waals surface area contributed by atoms with Crippen LogP contribution in [-0.4, -0.2) is 35.4 Å². The molecule has 132 valence electrons. The van der Waals surface area contributed by atoms with Crippen molar-refractivity contribution in [2.75, 3.05) is 13.2 Å². The minimum absolute atomic E-state index is 0.0882. The van der Waals surface area contributed by atoms with Gasteiger partial charge in [0.05, 0.1) is 12.5 Å². The first-order valence-corrected chi connectivity index (χ1v) is 8.07. The number of amides is 2. The Morgan fingerprint density at radius 2 is 1.44 bits per heavy atom. The van der Waals surface area contributed by atoms with Crippen molar-refractivity contribution >= 4 is 12.0 Å². The molecule has 0 aliphatic carbocycles. The maximum absolute atomic E-state index is 12.3. The first-order chi connectivity index (χ1) is 12.1. The number of nitrogens with one attached hydrogen (secondary N) is 2. The van der Waals surface area contributed by atoms with Crippen molar-refractivity contribution in [3.05, 3.63) is 71.8 Å². The molecule has 2 aromatic carbocycles. The number of aliphatic carboxylic acids is 1. The second kappa shape index (κ2) is 9.44. The second-order valence-corrected chi connectivity index (χ2v) is 5.76. The van der Waals surface area contributed by atoms with E-state index in [4.69, 9.17) is 5.11 Å². The minimum Gasteiger partial charge on any atom is -0.481 e. The maximum atomic E-state index is 12.3. The van der Waals surface area contributed by atoms with Gasteiger partial charge in [-0.15, -0.1) is 0 Å². The third-order valence-corrected chi connectivity index (χ3v) is 3.81. The number of carbonyl (C=O) groups is 2. The van der Waals surface area contributed by atoms with Crippen molar-refractivity contribution in [1.82, 2.24) is 10.6 Å².